The van der Waals surface area contributed by atoms with E-state index in [0.29, 0.717) is 0 Å². The van der Waals surface area contributed by atoms with Crippen molar-refractivity contribution in [3.8, 4) is 0 Å². The molecule has 5 N–H and O–H groups in total. The Balaban J connectivity index is -0.0000000450. The van der Waals surface area contributed by atoms with E-state index in [4.69, 9.17) is 14.7 Å². The van der Waals surface area contributed by atoms with Crippen LogP contribution >= 0.6 is 8.60 Å². The molecule has 0 aromatic carbocycles. The summed E-state index contributed by atoms with van der Waals surface area (Å²) < 4.78 is 0. The fourth-order valence-electron chi connectivity index (χ4n) is 0. The molecule has 0 heterocycles. The van der Waals surface area contributed by atoms with E-state index < -0.39 is 8.60 Å². The summed E-state index contributed by atoms with van der Waals surface area (Å²) in [5.74, 6) is 0. The van der Waals surface area contributed by atoms with Crippen LogP contribution in [0.4, 0.5) is 0 Å². The van der Waals surface area contributed by atoms with Crippen LogP contribution in [0.25, 0.3) is 0 Å². The monoisotopic (exact) mass is 124 g/mol. The van der Waals surface area contributed by atoms with Crippen molar-refractivity contribution in [2.45, 2.75) is 0 Å². The van der Waals surface area contributed by atoms with Gasteiger partial charge in [-0.15, -0.1) is 0 Å². The summed E-state index contributed by atoms with van der Waals surface area (Å²) in [5.41, 5.74) is 0. The van der Waals surface area contributed by atoms with E-state index in [0.717, 1.165) is 0 Å². The van der Waals surface area contributed by atoms with Crippen molar-refractivity contribution in [3.05, 3.63) is 0 Å². The SMILES string of the molecule is O.OP(O)O.[NaH]. The number of hydrogen-bond acceptors (Lipinski definition) is 3. The van der Waals surface area contributed by atoms with Gasteiger partial charge < -0.3 is 20.2 Å². The maximum absolute atomic E-state index is 7.23. The van der Waals surface area contributed by atoms with Crippen LogP contribution < -0.4 is 0 Å². The van der Waals surface area contributed by atoms with Crippen LogP contribution in [-0.2, 0) is 0 Å². The Morgan fingerprint density at radius 1 is 1.00 bits per heavy atom. The fraction of sp³-hybridized carbons (Fsp3) is 0. The number of rotatable bonds is 0. The van der Waals surface area contributed by atoms with Gasteiger partial charge in [0.25, 0.3) is 0 Å². The van der Waals surface area contributed by atoms with Crippen LogP contribution in [0, 0.1) is 0 Å². The number of hydrogen-bond donors (Lipinski definition) is 3. The molecule has 6 heavy (non-hydrogen) atoms. The molecule has 0 aromatic rings. The first-order chi connectivity index (χ1) is 1.73. The quantitative estimate of drug-likeness (QED) is 0.251. The maximum atomic E-state index is 7.23. The van der Waals surface area contributed by atoms with Gasteiger partial charge in [-0.25, -0.2) is 0 Å². The molecule has 0 atom stereocenters. The first-order valence-electron chi connectivity index (χ1n) is 0.600. The van der Waals surface area contributed by atoms with Crippen LogP contribution in [0.3, 0.4) is 0 Å². The minimum atomic E-state index is -2.62. The van der Waals surface area contributed by atoms with Crippen LogP contribution in [0.1, 0.15) is 0 Å². The summed E-state index contributed by atoms with van der Waals surface area (Å²) in [6, 6.07) is 0. The third-order valence-electron chi connectivity index (χ3n) is 0. The molecule has 6 heteroatoms. The minimum absolute atomic E-state index is 0. The molecule has 0 aliphatic heterocycles. The molecule has 0 aromatic heterocycles. The van der Waals surface area contributed by atoms with Gasteiger partial charge in [0.05, 0.1) is 0 Å². The van der Waals surface area contributed by atoms with E-state index >= 15 is 0 Å². The van der Waals surface area contributed by atoms with Gasteiger partial charge in [-0.05, 0) is 0 Å². The molecular formula is H6NaO4P. The molecular weight excluding hydrogens is 118 g/mol. The first-order valence-corrected chi connectivity index (χ1v) is 1.80. The van der Waals surface area contributed by atoms with Gasteiger partial charge in [0.1, 0.15) is 0 Å². The Morgan fingerprint density at radius 3 is 1.00 bits per heavy atom. The topological polar surface area (TPSA) is 92.2 Å². The molecule has 0 spiro atoms. The molecule has 0 aliphatic carbocycles. The Labute approximate surface area is 58.4 Å². The van der Waals surface area contributed by atoms with Gasteiger partial charge in [-0.2, -0.15) is 0 Å². The molecule has 0 fully saturated rings. The van der Waals surface area contributed by atoms with Crippen molar-refractivity contribution in [1.29, 1.82) is 0 Å². The van der Waals surface area contributed by atoms with Crippen LogP contribution in [-0.4, -0.2) is 49.7 Å². The second-order valence-electron chi connectivity index (χ2n) is 0.268. The molecule has 0 unspecified atom stereocenters. The second kappa shape index (κ2) is 9.55. The van der Waals surface area contributed by atoms with Crippen molar-refractivity contribution in [3.63, 3.8) is 0 Å². The van der Waals surface area contributed by atoms with Gasteiger partial charge in [0.2, 0.25) is 0 Å². The zero-order chi connectivity index (χ0) is 3.58. The van der Waals surface area contributed by atoms with Crippen molar-refractivity contribution in [2.24, 2.45) is 0 Å². The van der Waals surface area contributed by atoms with E-state index in [1.165, 1.54) is 0 Å². The summed E-state index contributed by atoms with van der Waals surface area (Å²) >= 11 is 0. The molecule has 4 nitrogen and oxygen atoms in total. The fourth-order valence-corrected chi connectivity index (χ4v) is 0. The first kappa shape index (κ1) is 15.7. The molecule has 0 saturated heterocycles. The molecule has 0 rings (SSSR count). The third-order valence-corrected chi connectivity index (χ3v) is 0. The van der Waals surface area contributed by atoms with Gasteiger partial charge in [0.15, 0.2) is 0 Å². The van der Waals surface area contributed by atoms with Crippen molar-refractivity contribution >= 4 is 38.2 Å². The summed E-state index contributed by atoms with van der Waals surface area (Å²) in [4.78, 5) is 21.7. The zero-order valence-electron chi connectivity index (χ0n) is 2.29. The Morgan fingerprint density at radius 2 is 1.00 bits per heavy atom. The van der Waals surface area contributed by atoms with Crippen LogP contribution in [0.2, 0.25) is 0 Å². The molecule has 0 saturated carbocycles. The summed E-state index contributed by atoms with van der Waals surface area (Å²) in [6.45, 7) is 0. The Kier molecular flexibility index (Phi) is 25.0. The van der Waals surface area contributed by atoms with Crippen LogP contribution in [0.5, 0.6) is 0 Å². The van der Waals surface area contributed by atoms with Crippen molar-refractivity contribution < 1.29 is 20.2 Å². The standard InChI is InChI=1S/Na.H3O3P.H2O.H/c;1-4(2)3;;/h;1-3H;1H2;. The molecule has 0 bridgehead atoms. The molecule has 36 valence electrons. The van der Waals surface area contributed by atoms with E-state index in [9.17, 15) is 0 Å². The summed E-state index contributed by atoms with van der Waals surface area (Å²) in [6.07, 6.45) is 0. The van der Waals surface area contributed by atoms with E-state index in [2.05, 4.69) is 0 Å². The Bertz CT molecular complexity index is 12.3. The predicted molar refractivity (Wildman–Crippen MR) is 24.3 cm³/mol. The third kappa shape index (κ3) is 59.6. The van der Waals surface area contributed by atoms with Gasteiger partial charge in [-0.3, -0.25) is 0 Å². The molecule has 0 radical (unpaired) electrons. The van der Waals surface area contributed by atoms with E-state index in [1.807, 2.05) is 0 Å². The van der Waals surface area contributed by atoms with E-state index in [-0.39, 0.29) is 35.0 Å². The van der Waals surface area contributed by atoms with Crippen molar-refractivity contribution in [2.75, 3.05) is 0 Å². The van der Waals surface area contributed by atoms with Gasteiger partial charge in [0, 0.05) is 0 Å². The average Bonchev–Trinajstić information content (AvgIpc) is 0.811. The van der Waals surface area contributed by atoms with E-state index in [1.54, 1.807) is 0 Å². The molecule has 0 amide bonds. The molecule has 0 aliphatic rings. The summed E-state index contributed by atoms with van der Waals surface area (Å²) in [7, 11) is -2.62. The summed E-state index contributed by atoms with van der Waals surface area (Å²) in [5, 5.41) is 0. The zero-order valence-corrected chi connectivity index (χ0v) is 3.18. The van der Waals surface area contributed by atoms with Gasteiger partial charge in [-0.1, -0.05) is 0 Å². The normalized spacial score (nSPS) is 6.00. The van der Waals surface area contributed by atoms with Gasteiger partial charge >= 0.3 is 38.2 Å². The van der Waals surface area contributed by atoms with Crippen molar-refractivity contribution in [1.82, 2.24) is 0 Å². The Hall–Kier alpha value is 1.27. The van der Waals surface area contributed by atoms with Crippen LogP contribution in [0.15, 0.2) is 0 Å². The average molecular weight is 124 g/mol. The predicted octanol–water partition coefficient (Wildman–Crippen LogP) is -2.28. The second-order valence-corrected chi connectivity index (χ2v) is 0.805.